The van der Waals surface area contributed by atoms with E-state index in [0.29, 0.717) is 12.0 Å². The molecular formula is C9H20N4O. The summed E-state index contributed by atoms with van der Waals surface area (Å²) < 4.78 is 4.93. The lowest BCUT2D eigenvalue weighted by Gasteiger charge is -2.27. The SMILES string of the molecule is COCCCN=C(NN)NC1CCC1. The first-order valence-electron chi connectivity index (χ1n) is 5.13. The number of guanidine groups is 1. The second-order valence-corrected chi connectivity index (χ2v) is 3.49. The van der Waals surface area contributed by atoms with E-state index >= 15 is 0 Å². The Kier molecular flexibility index (Phi) is 5.32. The first-order chi connectivity index (χ1) is 6.86. The molecule has 0 amide bonds. The van der Waals surface area contributed by atoms with Crippen molar-refractivity contribution in [1.29, 1.82) is 0 Å². The van der Waals surface area contributed by atoms with Crippen LogP contribution in [0.5, 0.6) is 0 Å². The molecule has 0 radical (unpaired) electrons. The van der Waals surface area contributed by atoms with Gasteiger partial charge in [0.15, 0.2) is 0 Å². The number of hydrazine groups is 1. The predicted octanol–water partition coefficient (Wildman–Crippen LogP) is -0.0157. The van der Waals surface area contributed by atoms with Crippen molar-refractivity contribution in [2.45, 2.75) is 31.7 Å². The van der Waals surface area contributed by atoms with Crippen LogP contribution in [-0.2, 0) is 4.74 Å². The summed E-state index contributed by atoms with van der Waals surface area (Å²) >= 11 is 0. The zero-order chi connectivity index (χ0) is 10.2. The number of nitrogens with zero attached hydrogens (tertiary/aromatic N) is 1. The standard InChI is InChI=1S/C9H20N4O/c1-14-7-3-6-11-9(13-10)12-8-4-2-5-8/h8H,2-7,10H2,1H3,(H2,11,12,13). The molecule has 1 saturated carbocycles. The molecule has 0 aromatic heterocycles. The van der Waals surface area contributed by atoms with Crippen LogP contribution in [0.15, 0.2) is 4.99 Å². The largest absolute Gasteiger partial charge is 0.385 e. The highest BCUT2D eigenvalue weighted by Gasteiger charge is 2.17. The average Bonchev–Trinajstić information content (AvgIpc) is 2.14. The molecule has 5 heteroatoms. The highest BCUT2D eigenvalue weighted by atomic mass is 16.5. The molecule has 0 heterocycles. The second kappa shape index (κ2) is 6.62. The Morgan fingerprint density at radius 1 is 1.57 bits per heavy atom. The maximum atomic E-state index is 5.34. The summed E-state index contributed by atoms with van der Waals surface area (Å²) in [6, 6.07) is 0.562. The van der Waals surface area contributed by atoms with E-state index in [0.717, 1.165) is 19.6 Å². The molecule has 0 bridgehead atoms. The normalized spacial score (nSPS) is 17.7. The van der Waals surface area contributed by atoms with Gasteiger partial charge in [-0.3, -0.25) is 10.4 Å². The van der Waals surface area contributed by atoms with E-state index in [1.54, 1.807) is 7.11 Å². The highest BCUT2D eigenvalue weighted by molar-refractivity contribution is 5.79. The molecular weight excluding hydrogens is 180 g/mol. The van der Waals surface area contributed by atoms with Gasteiger partial charge >= 0.3 is 0 Å². The van der Waals surface area contributed by atoms with Crippen molar-refractivity contribution < 1.29 is 4.74 Å². The van der Waals surface area contributed by atoms with E-state index in [2.05, 4.69) is 15.7 Å². The van der Waals surface area contributed by atoms with Gasteiger partial charge in [0.1, 0.15) is 0 Å². The molecule has 0 spiro atoms. The topological polar surface area (TPSA) is 71.7 Å². The van der Waals surface area contributed by atoms with Crippen molar-refractivity contribution in [2.75, 3.05) is 20.3 Å². The van der Waals surface area contributed by atoms with Crippen LogP contribution in [-0.4, -0.2) is 32.3 Å². The molecule has 82 valence electrons. The molecule has 0 atom stereocenters. The molecule has 0 aromatic carbocycles. The van der Waals surface area contributed by atoms with Crippen molar-refractivity contribution in [3.8, 4) is 0 Å². The van der Waals surface area contributed by atoms with Gasteiger partial charge < -0.3 is 10.1 Å². The number of hydrogen-bond donors (Lipinski definition) is 3. The lowest BCUT2D eigenvalue weighted by atomic mass is 9.93. The zero-order valence-corrected chi connectivity index (χ0v) is 8.75. The minimum absolute atomic E-state index is 0.562. The van der Waals surface area contributed by atoms with E-state index in [9.17, 15) is 0 Å². The highest BCUT2D eigenvalue weighted by Crippen LogP contribution is 2.17. The van der Waals surface area contributed by atoms with Gasteiger partial charge in [-0.25, -0.2) is 5.84 Å². The van der Waals surface area contributed by atoms with E-state index in [-0.39, 0.29) is 0 Å². The summed E-state index contributed by atoms with van der Waals surface area (Å²) in [4.78, 5) is 4.29. The van der Waals surface area contributed by atoms with Crippen molar-refractivity contribution in [3.63, 3.8) is 0 Å². The minimum Gasteiger partial charge on any atom is -0.385 e. The van der Waals surface area contributed by atoms with Crippen LogP contribution in [0, 0.1) is 0 Å². The molecule has 5 nitrogen and oxygen atoms in total. The van der Waals surface area contributed by atoms with Gasteiger partial charge in [0.2, 0.25) is 5.96 Å². The Morgan fingerprint density at radius 3 is 2.86 bits per heavy atom. The summed E-state index contributed by atoms with van der Waals surface area (Å²) in [5.74, 6) is 6.04. The van der Waals surface area contributed by atoms with Crippen molar-refractivity contribution in [2.24, 2.45) is 10.8 Å². The van der Waals surface area contributed by atoms with Crippen molar-refractivity contribution in [1.82, 2.24) is 10.7 Å². The number of aliphatic imine (C=N–C) groups is 1. The third-order valence-corrected chi connectivity index (χ3v) is 2.36. The molecule has 4 N–H and O–H groups in total. The fourth-order valence-electron chi connectivity index (χ4n) is 1.28. The monoisotopic (exact) mass is 200 g/mol. The number of nitrogens with one attached hydrogen (secondary N) is 2. The third kappa shape index (κ3) is 3.93. The van der Waals surface area contributed by atoms with Crippen LogP contribution < -0.4 is 16.6 Å². The number of rotatable bonds is 5. The first-order valence-corrected chi connectivity index (χ1v) is 5.13. The van der Waals surface area contributed by atoms with Crippen LogP contribution in [0.1, 0.15) is 25.7 Å². The van der Waals surface area contributed by atoms with E-state index in [1.165, 1.54) is 19.3 Å². The van der Waals surface area contributed by atoms with Gasteiger partial charge in [-0.2, -0.15) is 0 Å². The van der Waals surface area contributed by atoms with E-state index in [1.807, 2.05) is 0 Å². The van der Waals surface area contributed by atoms with Crippen LogP contribution in [0.4, 0.5) is 0 Å². The maximum Gasteiger partial charge on any atom is 0.205 e. The van der Waals surface area contributed by atoms with Crippen LogP contribution in [0.3, 0.4) is 0 Å². The van der Waals surface area contributed by atoms with Crippen LogP contribution in [0.25, 0.3) is 0 Å². The van der Waals surface area contributed by atoms with Gasteiger partial charge in [-0.05, 0) is 25.7 Å². The van der Waals surface area contributed by atoms with Gasteiger partial charge in [-0.1, -0.05) is 0 Å². The minimum atomic E-state index is 0.562. The van der Waals surface area contributed by atoms with Gasteiger partial charge in [0.25, 0.3) is 0 Å². The summed E-state index contributed by atoms with van der Waals surface area (Å²) in [6.07, 6.45) is 4.67. The Labute approximate surface area is 85.1 Å². The molecule has 0 aromatic rings. The number of hydrogen-bond acceptors (Lipinski definition) is 3. The Balaban J connectivity index is 2.14. The first kappa shape index (κ1) is 11.3. The fourth-order valence-corrected chi connectivity index (χ4v) is 1.28. The number of ether oxygens (including phenoxy) is 1. The maximum absolute atomic E-state index is 5.34. The van der Waals surface area contributed by atoms with Gasteiger partial charge in [0, 0.05) is 26.3 Å². The fraction of sp³-hybridized carbons (Fsp3) is 0.889. The molecule has 0 aliphatic heterocycles. The van der Waals surface area contributed by atoms with Gasteiger partial charge in [-0.15, -0.1) is 0 Å². The Bertz CT molecular complexity index is 180. The summed E-state index contributed by atoms with van der Waals surface area (Å²) in [6.45, 7) is 1.48. The molecule has 1 aliphatic carbocycles. The molecule has 0 saturated heterocycles. The van der Waals surface area contributed by atoms with E-state index in [4.69, 9.17) is 10.6 Å². The molecule has 14 heavy (non-hydrogen) atoms. The zero-order valence-electron chi connectivity index (χ0n) is 8.75. The smallest absolute Gasteiger partial charge is 0.205 e. The lowest BCUT2D eigenvalue weighted by Crippen LogP contribution is -2.48. The lowest BCUT2D eigenvalue weighted by molar-refractivity contribution is 0.197. The molecule has 1 fully saturated rings. The van der Waals surface area contributed by atoms with Crippen LogP contribution >= 0.6 is 0 Å². The summed E-state index contributed by atoms with van der Waals surface area (Å²) in [7, 11) is 1.69. The van der Waals surface area contributed by atoms with Crippen molar-refractivity contribution >= 4 is 5.96 Å². The molecule has 1 aliphatic rings. The average molecular weight is 200 g/mol. The quantitative estimate of drug-likeness (QED) is 0.192. The number of methoxy groups -OCH3 is 1. The summed E-state index contributed by atoms with van der Waals surface area (Å²) in [5.41, 5.74) is 2.58. The van der Waals surface area contributed by atoms with Gasteiger partial charge in [0.05, 0.1) is 0 Å². The van der Waals surface area contributed by atoms with Crippen molar-refractivity contribution in [3.05, 3.63) is 0 Å². The van der Waals surface area contributed by atoms with Crippen LogP contribution in [0.2, 0.25) is 0 Å². The Morgan fingerprint density at radius 2 is 2.36 bits per heavy atom. The molecule has 1 rings (SSSR count). The Hall–Kier alpha value is -0.810. The third-order valence-electron chi connectivity index (χ3n) is 2.36. The summed E-state index contributed by atoms with van der Waals surface area (Å²) in [5, 5.41) is 3.25. The molecule has 0 unspecified atom stereocenters. The number of nitrogens with two attached hydrogens (primary N) is 1. The second-order valence-electron chi connectivity index (χ2n) is 3.49. The predicted molar refractivity (Wildman–Crippen MR) is 56.9 cm³/mol. The van der Waals surface area contributed by atoms with E-state index < -0.39 is 0 Å².